The van der Waals surface area contributed by atoms with Gasteiger partial charge in [0.15, 0.2) is 0 Å². The fourth-order valence-electron chi connectivity index (χ4n) is 3.73. The van der Waals surface area contributed by atoms with E-state index in [9.17, 15) is 0 Å². The number of thiophene rings is 1. The Morgan fingerprint density at radius 1 is 1.19 bits per heavy atom. The van der Waals surface area contributed by atoms with Crippen LogP contribution in [0.5, 0.6) is 0 Å². The lowest BCUT2D eigenvalue weighted by atomic mass is 10.0. The molecule has 2 fully saturated rings. The van der Waals surface area contributed by atoms with Gasteiger partial charge in [-0.1, -0.05) is 6.07 Å². The second-order valence-electron chi connectivity index (χ2n) is 7.44. The number of aromatic nitrogens is 2. The molecule has 146 valence electrons. The smallest absolute Gasteiger partial charge is 0.222 e. The van der Waals surface area contributed by atoms with Crippen molar-refractivity contribution in [3.8, 4) is 0 Å². The maximum atomic E-state index is 5.61. The van der Waals surface area contributed by atoms with Crippen molar-refractivity contribution in [2.75, 3.05) is 31.6 Å². The quantitative estimate of drug-likeness (QED) is 0.726. The third-order valence-corrected chi connectivity index (χ3v) is 6.22. The second-order valence-corrected chi connectivity index (χ2v) is 8.47. The first-order valence-electron chi connectivity index (χ1n) is 10.00. The van der Waals surface area contributed by atoms with E-state index in [1.165, 1.54) is 17.7 Å². The van der Waals surface area contributed by atoms with E-state index < -0.39 is 0 Å². The first kappa shape index (κ1) is 18.8. The van der Waals surface area contributed by atoms with Gasteiger partial charge in [-0.25, -0.2) is 9.97 Å². The summed E-state index contributed by atoms with van der Waals surface area (Å²) in [5.74, 6) is 0.691. The average molecular weight is 388 g/mol. The van der Waals surface area contributed by atoms with E-state index in [1.807, 2.05) is 23.7 Å². The van der Waals surface area contributed by atoms with E-state index in [0.717, 1.165) is 57.7 Å². The minimum atomic E-state index is 0.306. The van der Waals surface area contributed by atoms with Gasteiger partial charge in [0.1, 0.15) is 0 Å². The van der Waals surface area contributed by atoms with Crippen LogP contribution in [0.25, 0.3) is 0 Å². The molecule has 2 aromatic rings. The number of nitrogens with zero attached hydrogens (tertiary/aromatic N) is 3. The van der Waals surface area contributed by atoms with Gasteiger partial charge in [-0.15, -0.1) is 11.3 Å². The van der Waals surface area contributed by atoms with E-state index in [-0.39, 0.29) is 0 Å². The van der Waals surface area contributed by atoms with Crippen molar-refractivity contribution in [2.24, 2.45) is 0 Å². The molecule has 0 unspecified atom stereocenters. The predicted molar refractivity (Wildman–Crippen MR) is 109 cm³/mol. The van der Waals surface area contributed by atoms with Gasteiger partial charge in [0.05, 0.1) is 6.10 Å². The molecule has 4 rings (SSSR count). The van der Waals surface area contributed by atoms with Crippen molar-refractivity contribution in [3.05, 3.63) is 40.3 Å². The number of rotatable bonds is 8. The maximum Gasteiger partial charge on any atom is 0.222 e. The Labute approximate surface area is 165 Å². The summed E-state index contributed by atoms with van der Waals surface area (Å²) in [5, 5.41) is 9.10. The Morgan fingerprint density at radius 2 is 2.04 bits per heavy atom. The number of piperidine rings is 1. The third-order valence-electron chi connectivity index (χ3n) is 5.36. The molecule has 2 aliphatic rings. The summed E-state index contributed by atoms with van der Waals surface area (Å²) in [7, 11) is 0. The van der Waals surface area contributed by atoms with Crippen LogP contribution in [-0.4, -0.2) is 53.3 Å². The third kappa shape index (κ3) is 5.72. The number of hydrogen-bond acceptors (Lipinski definition) is 7. The number of ether oxygens (including phenoxy) is 1. The Morgan fingerprint density at radius 3 is 2.74 bits per heavy atom. The van der Waals surface area contributed by atoms with Crippen LogP contribution in [0, 0.1) is 0 Å². The van der Waals surface area contributed by atoms with Crippen LogP contribution in [0.1, 0.15) is 36.1 Å². The highest BCUT2D eigenvalue weighted by Gasteiger charge is 2.19. The molecule has 2 saturated heterocycles. The molecule has 6 nitrogen and oxygen atoms in total. The van der Waals surface area contributed by atoms with Crippen molar-refractivity contribution in [3.63, 3.8) is 0 Å². The Kier molecular flexibility index (Phi) is 6.68. The van der Waals surface area contributed by atoms with Crippen LogP contribution in [0.15, 0.2) is 29.9 Å². The zero-order valence-electron chi connectivity index (χ0n) is 15.8. The van der Waals surface area contributed by atoms with Crippen LogP contribution in [0.2, 0.25) is 0 Å². The minimum Gasteiger partial charge on any atom is -0.376 e. The Balaban J connectivity index is 1.15. The van der Waals surface area contributed by atoms with Crippen molar-refractivity contribution >= 4 is 17.3 Å². The summed E-state index contributed by atoms with van der Waals surface area (Å²) < 4.78 is 5.61. The van der Waals surface area contributed by atoms with Crippen LogP contribution in [0.4, 0.5) is 5.95 Å². The SMILES string of the molecule is c1csc(CN2CCC(NCc3cnc(NC[C@H]4CCCO4)nc3)CC2)c1. The lowest BCUT2D eigenvalue weighted by molar-refractivity contribution is 0.120. The number of anilines is 1. The summed E-state index contributed by atoms with van der Waals surface area (Å²) >= 11 is 1.85. The molecule has 0 spiro atoms. The first-order valence-corrected chi connectivity index (χ1v) is 10.9. The largest absolute Gasteiger partial charge is 0.376 e. The molecule has 27 heavy (non-hydrogen) atoms. The van der Waals surface area contributed by atoms with E-state index >= 15 is 0 Å². The summed E-state index contributed by atoms with van der Waals surface area (Å²) in [6.45, 7) is 5.93. The van der Waals surface area contributed by atoms with Crippen LogP contribution < -0.4 is 10.6 Å². The standard InChI is InChI=1S/C20H29N5OS/c1-3-18(26-9-1)14-24-20-22-12-16(13-23-20)11-21-17-5-7-25(8-6-17)15-19-4-2-10-27-19/h2,4,10,12-13,17-18,21H,1,3,5-9,11,14-15H2,(H,22,23,24)/t18-/m1/s1. The predicted octanol–water partition coefficient (Wildman–Crippen LogP) is 2.88. The van der Waals surface area contributed by atoms with Crippen LogP contribution in [0.3, 0.4) is 0 Å². The number of nitrogens with one attached hydrogen (secondary N) is 2. The minimum absolute atomic E-state index is 0.306. The highest BCUT2D eigenvalue weighted by molar-refractivity contribution is 7.09. The van der Waals surface area contributed by atoms with Crippen molar-refractivity contribution in [1.29, 1.82) is 0 Å². The van der Waals surface area contributed by atoms with Gasteiger partial charge in [0.25, 0.3) is 0 Å². The molecule has 0 aromatic carbocycles. The molecule has 0 saturated carbocycles. The molecule has 4 heterocycles. The Bertz CT molecular complexity index is 664. The summed E-state index contributed by atoms with van der Waals surface area (Å²) in [5.41, 5.74) is 1.14. The fraction of sp³-hybridized carbons (Fsp3) is 0.600. The van der Waals surface area contributed by atoms with E-state index in [0.29, 0.717) is 18.1 Å². The lowest BCUT2D eigenvalue weighted by Crippen LogP contribution is -2.41. The maximum absolute atomic E-state index is 5.61. The topological polar surface area (TPSA) is 62.3 Å². The van der Waals surface area contributed by atoms with Crippen molar-refractivity contribution < 1.29 is 4.74 Å². The van der Waals surface area contributed by atoms with Gasteiger partial charge in [-0.2, -0.15) is 0 Å². The van der Waals surface area contributed by atoms with Crippen molar-refractivity contribution in [2.45, 2.75) is 50.9 Å². The van der Waals surface area contributed by atoms with E-state index in [1.54, 1.807) is 0 Å². The molecule has 0 bridgehead atoms. The molecule has 2 aromatic heterocycles. The van der Waals surface area contributed by atoms with Gasteiger partial charge < -0.3 is 15.4 Å². The highest BCUT2D eigenvalue weighted by Crippen LogP contribution is 2.17. The first-order chi connectivity index (χ1) is 13.3. The summed E-state index contributed by atoms with van der Waals surface area (Å²) in [4.78, 5) is 12.9. The molecular weight excluding hydrogens is 358 g/mol. The zero-order chi connectivity index (χ0) is 18.3. The number of likely N-dealkylation sites (tertiary alicyclic amines) is 1. The zero-order valence-corrected chi connectivity index (χ0v) is 16.6. The normalized spacial score (nSPS) is 21.6. The van der Waals surface area contributed by atoms with Crippen molar-refractivity contribution in [1.82, 2.24) is 20.2 Å². The van der Waals surface area contributed by atoms with Gasteiger partial charge >= 0.3 is 0 Å². The highest BCUT2D eigenvalue weighted by atomic mass is 32.1. The van der Waals surface area contributed by atoms with Crippen LogP contribution >= 0.6 is 11.3 Å². The molecule has 0 radical (unpaired) electrons. The molecule has 7 heteroatoms. The molecule has 0 aliphatic carbocycles. The lowest BCUT2D eigenvalue weighted by Gasteiger charge is -2.32. The molecule has 2 N–H and O–H groups in total. The van der Waals surface area contributed by atoms with E-state index in [2.05, 4.69) is 43.0 Å². The van der Waals surface area contributed by atoms with E-state index in [4.69, 9.17) is 4.74 Å². The monoisotopic (exact) mass is 387 g/mol. The van der Waals surface area contributed by atoms with Gasteiger partial charge in [-0.05, 0) is 50.2 Å². The summed E-state index contributed by atoms with van der Waals surface area (Å²) in [6, 6.07) is 4.95. The number of hydrogen-bond donors (Lipinski definition) is 2. The fourth-order valence-corrected chi connectivity index (χ4v) is 4.47. The molecule has 1 atom stereocenters. The average Bonchev–Trinajstić information content (AvgIpc) is 3.41. The van der Waals surface area contributed by atoms with Gasteiger partial charge in [0.2, 0.25) is 5.95 Å². The second kappa shape index (κ2) is 9.59. The van der Waals surface area contributed by atoms with Gasteiger partial charge in [0, 0.05) is 55.1 Å². The molecule has 0 amide bonds. The molecular formula is C20H29N5OS. The molecule has 2 aliphatic heterocycles. The Hall–Kier alpha value is -1.54. The summed E-state index contributed by atoms with van der Waals surface area (Å²) in [6.07, 6.45) is 8.83. The van der Waals surface area contributed by atoms with Gasteiger partial charge in [-0.3, -0.25) is 4.90 Å². The van der Waals surface area contributed by atoms with Crippen LogP contribution in [-0.2, 0) is 17.8 Å².